The fourth-order valence-electron chi connectivity index (χ4n) is 2.93. The molecule has 2 heterocycles. The number of aliphatic hydroxyl groups excluding tert-OH is 3. The van der Waals surface area contributed by atoms with Crippen LogP contribution in [-0.4, -0.2) is 49.8 Å². The van der Waals surface area contributed by atoms with Crippen molar-refractivity contribution in [3.8, 4) is 0 Å². The molecule has 134 valence electrons. The number of ether oxygens (including phenoxy) is 1. The zero-order valence-corrected chi connectivity index (χ0v) is 13.5. The Kier molecular flexibility index (Phi) is 5.14. The Balaban J connectivity index is 1.85. The molecule has 0 radical (unpaired) electrons. The van der Waals surface area contributed by atoms with Crippen LogP contribution in [0.1, 0.15) is 17.4 Å². The minimum atomic E-state index is -1.35. The Bertz CT molecular complexity index is 780. The van der Waals surface area contributed by atoms with E-state index in [4.69, 9.17) is 10.5 Å². The van der Waals surface area contributed by atoms with Crippen molar-refractivity contribution in [1.82, 2.24) is 9.55 Å². The van der Waals surface area contributed by atoms with Crippen LogP contribution >= 0.6 is 0 Å². The van der Waals surface area contributed by atoms with Crippen LogP contribution < -0.4 is 11.4 Å². The Morgan fingerprint density at radius 1 is 1.16 bits per heavy atom. The molecule has 0 saturated carbocycles. The SMILES string of the molecule is Nc1nc(=O)n([C@@H]2O[C@H](CO)[C@@H](O)[C@@H]2O)cc1CCc1ccccc1. The van der Waals surface area contributed by atoms with Gasteiger partial charge < -0.3 is 25.8 Å². The molecule has 0 amide bonds. The molecule has 8 heteroatoms. The van der Waals surface area contributed by atoms with Gasteiger partial charge in [0.25, 0.3) is 0 Å². The molecule has 1 aliphatic heterocycles. The monoisotopic (exact) mass is 347 g/mol. The molecule has 0 spiro atoms. The minimum Gasteiger partial charge on any atom is -0.394 e. The quantitative estimate of drug-likeness (QED) is 0.558. The number of rotatable bonds is 5. The summed E-state index contributed by atoms with van der Waals surface area (Å²) in [5.74, 6) is 0.129. The summed E-state index contributed by atoms with van der Waals surface area (Å²) >= 11 is 0. The summed E-state index contributed by atoms with van der Waals surface area (Å²) < 4.78 is 6.50. The van der Waals surface area contributed by atoms with E-state index in [2.05, 4.69) is 4.98 Å². The number of nitrogens with two attached hydrogens (primary N) is 1. The number of anilines is 1. The van der Waals surface area contributed by atoms with Crippen LogP contribution in [0, 0.1) is 0 Å². The van der Waals surface area contributed by atoms with Gasteiger partial charge in [-0.1, -0.05) is 30.3 Å². The first-order valence-corrected chi connectivity index (χ1v) is 8.05. The molecule has 2 aromatic rings. The summed E-state index contributed by atoms with van der Waals surface area (Å²) in [5, 5.41) is 29.1. The lowest BCUT2D eigenvalue weighted by Crippen LogP contribution is -2.36. The average molecular weight is 347 g/mol. The summed E-state index contributed by atoms with van der Waals surface area (Å²) in [5.41, 5.74) is 6.93. The number of nitrogens with zero attached hydrogens (tertiary/aromatic N) is 2. The second kappa shape index (κ2) is 7.32. The zero-order valence-electron chi connectivity index (χ0n) is 13.5. The normalized spacial score (nSPS) is 26.0. The van der Waals surface area contributed by atoms with Crippen LogP contribution in [0.3, 0.4) is 0 Å². The third kappa shape index (κ3) is 3.57. The Morgan fingerprint density at radius 2 is 1.88 bits per heavy atom. The van der Waals surface area contributed by atoms with Gasteiger partial charge in [0.1, 0.15) is 24.1 Å². The van der Waals surface area contributed by atoms with Gasteiger partial charge in [0, 0.05) is 11.8 Å². The summed E-state index contributed by atoms with van der Waals surface area (Å²) in [6, 6.07) is 9.80. The van der Waals surface area contributed by atoms with Crippen molar-refractivity contribution in [3.63, 3.8) is 0 Å². The molecule has 5 N–H and O–H groups in total. The van der Waals surface area contributed by atoms with Gasteiger partial charge in [0.2, 0.25) is 0 Å². The van der Waals surface area contributed by atoms with Crippen molar-refractivity contribution in [2.75, 3.05) is 12.3 Å². The number of aromatic nitrogens is 2. The highest BCUT2D eigenvalue weighted by Crippen LogP contribution is 2.28. The second-order valence-electron chi connectivity index (χ2n) is 6.06. The fraction of sp³-hybridized carbons (Fsp3) is 0.412. The van der Waals surface area contributed by atoms with Gasteiger partial charge in [0.05, 0.1) is 6.61 Å². The van der Waals surface area contributed by atoms with E-state index in [0.717, 1.165) is 10.1 Å². The molecule has 1 aromatic carbocycles. The lowest BCUT2D eigenvalue weighted by Gasteiger charge is -2.18. The first kappa shape index (κ1) is 17.6. The first-order chi connectivity index (χ1) is 12.0. The molecule has 0 unspecified atom stereocenters. The van der Waals surface area contributed by atoms with E-state index in [-0.39, 0.29) is 5.82 Å². The van der Waals surface area contributed by atoms with E-state index in [1.807, 2.05) is 30.3 Å². The third-order valence-corrected chi connectivity index (χ3v) is 4.38. The molecular formula is C17H21N3O5. The van der Waals surface area contributed by atoms with Crippen molar-refractivity contribution in [2.45, 2.75) is 37.4 Å². The smallest absolute Gasteiger partial charge is 0.351 e. The molecule has 8 nitrogen and oxygen atoms in total. The topological polar surface area (TPSA) is 131 Å². The molecule has 25 heavy (non-hydrogen) atoms. The Labute approximate surface area is 144 Å². The highest BCUT2D eigenvalue weighted by molar-refractivity contribution is 5.37. The maximum atomic E-state index is 12.1. The number of hydrogen-bond acceptors (Lipinski definition) is 7. The van der Waals surface area contributed by atoms with E-state index < -0.39 is 36.8 Å². The number of aryl methyl sites for hydroxylation is 2. The van der Waals surface area contributed by atoms with Crippen LogP contribution in [0.25, 0.3) is 0 Å². The molecule has 4 atom stereocenters. The van der Waals surface area contributed by atoms with Crippen molar-refractivity contribution in [2.24, 2.45) is 0 Å². The van der Waals surface area contributed by atoms with E-state index in [0.29, 0.717) is 18.4 Å². The van der Waals surface area contributed by atoms with E-state index >= 15 is 0 Å². The summed E-state index contributed by atoms with van der Waals surface area (Å²) in [4.78, 5) is 15.9. The molecule has 0 aliphatic carbocycles. The van der Waals surface area contributed by atoms with Crippen molar-refractivity contribution < 1.29 is 20.1 Å². The van der Waals surface area contributed by atoms with Crippen LogP contribution in [0.4, 0.5) is 5.82 Å². The average Bonchev–Trinajstić information content (AvgIpc) is 2.90. The lowest BCUT2D eigenvalue weighted by atomic mass is 10.1. The molecule has 3 rings (SSSR count). The van der Waals surface area contributed by atoms with Crippen LogP contribution in [0.5, 0.6) is 0 Å². The zero-order chi connectivity index (χ0) is 18.0. The number of benzene rings is 1. The largest absolute Gasteiger partial charge is 0.394 e. The van der Waals surface area contributed by atoms with Gasteiger partial charge in [-0.3, -0.25) is 4.57 Å². The molecule has 1 aromatic heterocycles. The lowest BCUT2D eigenvalue weighted by molar-refractivity contribution is -0.0550. The van der Waals surface area contributed by atoms with Gasteiger partial charge >= 0.3 is 5.69 Å². The maximum absolute atomic E-state index is 12.1. The van der Waals surface area contributed by atoms with Gasteiger partial charge in [-0.05, 0) is 18.4 Å². The van der Waals surface area contributed by atoms with Crippen molar-refractivity contribution in [3.05, 3.63) is 58.1 Å². The third-order valence-electron chi connectivity index (χ3n) is 4.38. The summed E-state index contributed by atoms with van der Waals surface area (Å²) in [6.07, 6.45) is -1.96. The Hall–Kier alpha value is -2.26. The molecular weight excluding hydrogens is 326 g/mol. The second-order valence-corrected chi connectivity index (χ2v) is 6.06. The number of aliphatic hydroxyl groups is 3. The first-order valence-electron chi connectivity index (χ1n) is 8.05. The molecule has 1 aliphatic rings. The summed E-state index contributed by atoms with van der Waals surface area (Å²) in [6.45, 7) is -0.466. The van der Waals surface area contributed by atoms with Gasteiger partial charge in [-0.2, -0.15) is 4.98 Å². The standard InChI is InChI=1S/C17H21N3O5/c18-15-11(7-6-10-4-2-1-3-5-10)8-20(17(24)19-15)16-14(23)13(22)12(9-21)25-16/h1-5,8,12-14,16,21-23H,6-7,9H2,(H2,18,19,24)/t12-,13-,14+,16-/m1/s1. The highest BCUT2D eigenvalue weighted by atomic mass is 16.6. The molecule has 0 bridgehead atoms. The molecule has 1 saturated heterocycles. The van der Waals surface area contributed by atoms with Crippen LogP contribution in [0.15, 0.2) is 41.3 Å². The van der Waals surface area contributed by atoms with E-state index in [1.165, 1.54) is 6.20 Å². The van der Waals surface area contributed by atoms with Gasteiger partial charge in [-0.15, -0.1) is 0 Å². The molecule has 1 fully saturated rings. The number of hydrogen-bond donors (Lipinski definition) is 4. The predicted molar refractivity (Wildman–Crippen MR) is 89.8 cm³/mol. The Morgan fingerprint density at radius 3 is 2.52 bits per heavy atom. The van der Waals surface area contributed by atoms with E-state index in [1.54, 1.807) is 0 Å². The van der Waals surface area contributed by atoms with Gasteiger partial charge in [0.15, 0.2) is 6.23 Å². The fourth-order valence-corrected chi connectivity index (χ4v) is 2.93. The number of nitrogen functional groups attached to an aromatic ring is 1. The van der Waals surface area contributed by atoms with Crippen LogP contribution in [-0.2, 0) is 17.6 Å². The summed E-state index contributed by atoms with van der Waals surface area (Å²) in [7, 11) is 0. The minimum absolute atomic E-state index is 0.129. The predicted octanol–water partition coefficient (Wildman–Crippen LogP) is -0.778. The maximum Gasteiger partial charge on any atom is 0.351 e. The van der Waals surface area contributed by atoms with Gasteiger partial charge in [-0.25, -0.2) is 4.79 Å². The highest BCUT2D eigenvalue weighted by Gasteiger charge is 2.43. The van der Waals surface area contributed by atoms with Crippen LogP contribution in [0.2, 0.25) is 0 Å². The van der Waals surface area contributed by atoms with E-state index in [9.17, 15) is 20.1 Å². The van der Waals surface area contributed by atoms with Crippen molar-refractivity contribution in [1.29, 1.82) is 0 Å². The van der Waals surface area contributed by atoms with Crippen molar-refractivity contribution >= 4 is 5.82 Å².